The molecule has 0 radical (unpaired) electrons. The van der Waals surface area contributed by atoms with E-state index in [-0.39, 0.29) is 11.8 Å². The second kappa shape index (κ2) is 8.35. The summed E-state index contributed by atoms with van der Waals surface area (Å²) in [7, 11) is 0. The molecule has 0 spiro atoms. The van der Waals surface area contributed by atoms with Gasteiger partial charge in [0.1, 0.15) is 6.04 Å². The minimum Gasteiger partial charge on any atom is -0.340 e. The third-order valence-electron chi connectivity index (χ3n) is 4.60. The Labute approximate surface area is 163 Å². The summed E-state index contributed by atoms with van der Waals surface area (Å²) < 4.78 is 5.50. The fourth-order valence-corrected chi connectivity index (χ4v) is 3.03. The fourth-order valence-electron chi connectivity index (χ4n) is 2.81. The van der Waals surface area contributed by atoms with Crippen molar-refractivity contribution in [1.29, 1.82) is 0 Å². The van der Waals surface area contributed by atoms with Gasteiger partial charge in [0.15, 0.2) is 0 Å². The monoisotopic (exact) mass is 383 g/mol. The second-order valence-corrected chi connectivity index (χ2v) is 7.05. The Morgan fingerprint density at radius 2 is 2.00 bits per heavy atom. The van der Waals surface area contributed by atoms with Crippen molar-refractivity contribution in [1.82, 2.24) is 15.5 Å². The van der Waals surface area contributed by atoms with Crippen LogP contribution in [0.15, 0.2) is 53.1 Å². The molecule has 6 heteroatoms. The van der Waals surface area contributed by atoms with E-state index in [4.69, 9.17) is 16.1 Å². The average Bonchev–Trinajstić information content (AvgIpc) is 3.15. The molecule has 0 fully saturated rings. The van der Waals surface area contributed by atoms with Crippen LogP contribution in [0.2, 0.25) is 5.02 Å². The number of halogens is 1. The molecule has 0 bridgehead atoms. The van der Waals surface area contributed by atoms with Crippen LogP contribution in [0.5, 0.6) is 0 Å². The molecule has 1 aromatic heterocycles. The SMILES string of the molecule is CC[C@@H](C)[C@@H](NC(=O)c1ccccc1Cl)c1nc(-c2cccc(C)c2)no1. The molecule has 1 amide bonds. The van der Waals surface area contributed by atoms with Crippen LogP contribution in [0.4, 0.5) is 0 Å². The molecule has 0 aliphatic rings. The van der Waals surface area contributed by atoms with Crippen LogP contribution in [0.3, 0.4) is 0 Å². The zero-order valence-corrected chi connectivity index (χ0v) is 16.3. The Balaban J connectivity index is 1.88. The first-order chi connectivity index (χ1) is 13.0. The first kappa shape index (κ1) is 19.1. The van der Waals surface area contributed by atoms with Gasteiger partial charge in [-0.25, -0.2) is 0 Å². The zero-order valence-electron chi connectivity index (χ0n) is 15.6. The van der Waals surface area contributed by atoms with Crippen LogP contribution in [-0.4, -0.2) is 16.0 Å². The minimum absolute atomic E-state index is 0.113. The Hall–Kier alpha value is -2.66. The molecular weight excluding hydrogens is 362 g/mol. The first-order valence-electron chi connectivity index (χ1n) is 8.95. The molecule has 0 saturated heterocycles. The van der Waals surface area contributed by atoms with Crippen molar-refractivity contribution < 1.29 is 9.32 Å². The van der Waals surface area contributed by atoms with Gasteiger partial charge in [-0.2, -0.15) is 4.98 Å². The van der Waals surface area contributed by atoms with Gasteiger partial charge < -0.3 is 9.84 Å². The van der Waals surface area contributed by atoms with Crippen molar-refractivity contribution in [2.24, 2.45) is 5.92 Å². The lowest BCUT2D eigenvalue weighted by Gasteiger charge is -2.21. The van der Waals surface area contributed by atoms with E-state index in [1.165, 1.54) is 0 Å². The van der Waals surface area contributed by atoms with Gasteiger partial charge in [0.05, 0.1) is 10.6 Å². The Bertz CT molecular complexity index is 938. The maximum Gasteiger partial charge on any atom is 0.253 e. The van der Waals surface area contributed by atoms with Crippen LogP contribution in [0, 0.1) is 12.8 Å². The Morgan fingerprint density at radius 3 is 2.70 bits per heavy atom. The van der Waals surface area contributed by atoms with E-state index in [2.05, 4.69) is 22.4 Å². The van der Waals surface area contributed by atoms with Crippen LogP contribution < -0.4 is 5.32 Å². The number of carbonyl (C=O) groups is 1. The topological polar surface area (TPSA) is 68.0 Å². The molecule has 0 unspecified atom stereocenters. The Morgan fingerprint density at radius 1 is 1.22 bits per heavy atom. The van der Waals surface area contributed by atoms with Crippen LogP contribution in [0.25, 0.3) is 11.4 Å². The van der Waals surface area contributed by atoms with Crippen molar-refractivity contribution in [2.75, 3.05) is 0 Å². The molecule has 2 atom stereocenters. The highest BCUT2D eigenvalue weighted by Crippen LogP contribution is 2.27. The van der Waals surface area contributed by atoms with Crippen LogP contribution in [0.1, 0.15) is 48.1 Å². The summed E-state index contributed by atoms with van der Waals surface area (Å²) in [5.74, 6) is 0.749. The molecule has 1 N–H and O–H groups in total. The van der Waals surface area contributed by atoms with Gasteiger partial charge in [-0.15, -0.1) is 0 Å². The van der Waals surface area contributed by atoms with E-state index < -0.39 is 6.04 Å². The van der Waals surface area contributed by atoms with Gasteiger partial charge >= 0.3 is 0 Å². The summed E-state index contributed by atoms with van der Waals surface area (Å²) in [4.78, 5) is 17.2. The number of rotatable bonds is 6. The van der Waals surface area contributed by atoms with Gasteiger partial charge in [0.2, 0.25) is 11.7 Å². The standard InChI is InChI=1S/C21H22ClN3O2/c1-4-14(3)18(23-20(26)16-10-5-6-11-17(16)22)21-24-19(25-27-21)15-9-7-8-13(2)12-15/h5-12,14,18H,4H2,1-3H3,(H,23,26)/t14-,18-/m1/s1. The van der Waals surface area contributed by atoms with Gasteiger partial charge in [0, 0.05) is 5.56 Å². The average molecular weight is 384 g/mol. The number of carbonyl (C=O) groups excluding carboxylic acids is 1. The number of nitrogens with one attached hydrogen (secondary N) is 1. The van der Waals surface area contributed by atoms with Crippen molar-refractivity contribution in [2.45, 2.75) is 33.2 Å². The molecule has 3 rings (SSSR count). The lowest BCUT2D eigenvalue weighted by Crippen LogP contribution is -2.33. The molecular formula is C21H22ClN3O2. The van der Waals surface area contributed by atoms with E-state index in [9.17, 15) is 4.79 Å². The summed E-state index contributed by atoms with van der Waals surface area (Å²) in [6.07, 6.45) is 0.843. The van der Waals surface area contributed by atoms with E-state index in [0.29, 0.717) is 22.3 Å². The lowest BCUT2D eigenvalue weighted by atomic mass is 9.98. The van der Waals surface area contributed by atoms with Gasteiger partial charge in [-0.3, -0.25) is 4.79 Å². The van der Waals surface area contributed by atoms with Crippen LogP contribution >= 0.6 is 11.6 Å². The van der Waals surface area contributed by atoms with Crippen molar-refractivity contribution in [3.05, 3.63) is 70.6 Å². The molecule has 140 valence electrons. The van der Waals surface area contributed by atoms with Crippen LogP contribution in [-0.2, 0) is 0 Å². The second-order valence-electron chi connectivity index (χ2n) is 6.64. The number of aryl methyl sites for hydroxylation is 1. The van der Waals surface area contributed by atoms with Crippen molar-refractivity contribution in [3.63, 3.8) is 0 Å². The van der Waals surface area contributed by atoms with E-state index in [1.807, 2.05) is 38.1 Å². The predicted octanol–water partition coefficient (Wildman–Crippen LogP) is 5.22. The third kappa shape index (κ3) is 4.37. The molecule has 1 heterocycles. The molecule has 0 saturated carbocycles. The number of hydrogen-bond donors (Lipinski definition) is 1. The molecule has 0 aliphatic heterocycles. The predicted molar refractivity (Wildman–Crippen MR) is 106 cm³/mol. The maximum absolute atomic E-state index is 12.7. The highest BCUT2D eigenvalue weighted by molar-refractivity contribution is 6.33. The smallest absolute Gasteiger partial charge is 0.253 e. The summed E-state index contributed by atoms with van der Waals surface area (Å²) >= 11 is 6.15. The zero-order chi connectivity index (χ0) is 19.4. The molecule has 5 nitrogen and oxygen atoms in total. The first-order valence-corrected chi connectivity index (χ1v) is 9.33. The normalized spacial score (nSPS) is 13.2. The highest BCUT2D eigenvalue weighted by Gasteiger charge is 2.27. The highest BCUT2D eigenvalue weighted by atomic mass is 35.5. The van der Waals surface area contributed by atoms with Gasteiger partial charge in [0.25, 0.3) is 5.91 Å². The largest absolute Gasteiger partial charge is 0.340 e. The quantitative estimate of drug-likeness (QED) is 0.633. The van der Waals surface area contributed by atoms with Gasteiger partial charge in [-0.05, 0) is 31.0 Å². The molecule has 0 aliphatic carbocycles. The number of amides is 1. The maximum atomic E-state index is 12.7. The number of aromatic nitrogens is 2. The molecule has 2 aromatic carbocycles. The minimum atomic E-state index is -0.398. The third-order valence-corrected chi connectivity index (χ3v) is 4.93. The van der Waals surface area contributed by atoms with Crippen molar-refractivity contribution >= 4 is 17.5 Å². The summed E-state index contributed by atoms with van der Waals surface area (Å²) in [5.41, 5.74) is 2.42. The van der Waals surface area contributed by atoms with E-state index in [1.54, 1.807) is 24.3 Å². The van der Waals surface area contributed by atoms with Gasteiger partial charge in [-0.1, -0.05) is 72.9 Å². The molecule has 3 aromatic rings. The number of nitrogens with zero attached hydrogens (tertiary/aromatic N) is 2. The number of hydrogen-bond acceptors (Lipinski definition) is 4. The van der Waals surface area contributed by atoms with E-state index in [0.717, 1.165) is 17.5 Å². The van der Waals surface area contributed by atoms with Crippen molar-refractivity contribution in [3.8, 4) is 11.4 Å². The fraction of sp³-hybridized carbons (Fsp3) is 0.286. The van der Waals surface area contributed by atoms with E-state index >= 15 is 0 Å². The summed E-state index contributed by atoms with van der Waals surface area (Å²) in [6, 6.07) is 14.4. The number of benzene rings is 2. The summed E-state index contributed by atoms with van der Waals surface area (Å²) in [5, 5.41) is 7.50. The molecule has 27 heavy (non-hydrogen) atoms. The Kier molecular flexibility index (Phi) is 5.91. The summed E-state index contributed by atoms with van der Waals surface area (Å²) in [6.45, 7) is 6.10. The lowest BCUT2D eigenvalue weighted by molar-refractivity contribution is 0.0910.